The van der Waals surface area contributed by atoms with Gasteiger partial charge >= 0.3 is 0 Å². The van der Waals surface area contributed by atoms with E-state index in [0.717, 1.165) is 18.4 Å². The summed E-state index contributed by atoms with van der Waals surface area (Å²) < 4.78 is 2.21. The molecule has 1 fully saturated rings. The summed E-state index contributed by atoms with van der Waals surface area (Å²) in [5, 5.41) is 0. The Morgan fingerprint density at radius 1 is 0.867 bits per heavy atom. The minimum Gasteiger partial charge on any atom is -0.319 e. The molecular formula is C27H24N2O. The van der Waals surface area contributed by atoms with Gasteiger partial charge in [0.05, 0.1) is 12.0 Å². The molecule has 1 saturated carbocycles. The Bertz CT molecular complexity index is 1050. The van der Waals surface area contributed by atoms with Gasteiger partial charge in [-0.2, -0.15) is 0 Å². The number of aldehydes is 1. The lowest BCUT2D eigenvalue weighted by Gasteiger charge is -2.37. The molecule has 0 amide bonds. The Kier molecular flexibility index (Phi) is 4.39. The fourth-order valence-electron chi connectivity index (χ4n) is 4.64. The fourth-order valence-corrected chi connectivity index (χ4v) is 4.64. The lowest BCUT2D eigenvalue weighted by atomic mass is 9.77. The number of rotatable bonds is 6. The van der Waals surface area contributed by atoms with Gasteiger partial charge in [0.25, 0.3) is 0 Å². The van der Waals surface area contributed by atoms with Crippen molar-refractivity contribution in [1.82, 2.24) is 9.55 Å². The van der Waals surface area contributed by atoms with E-state index in [0.29, 0.717) is 0 Å². The van der Waals surface area contributed by atoms with Crippen molar-refractivity contribution in [3.05, 3.63) is 126 Å². The first kappa shape index (κ1) is 18.6. The minimum atomic E-state index is -0.554. The third-order valence-corrected chi connectivity index (χ3v) is 6.47. The number of benzene rings is 3. The van der Waals surface area contributed by atoms with Gasteiger partial charge in [-0.15, -0.1) is 0 Å². The first-order valence-electron chi connectivity index (χ1n) is 10.4. The molecule has 5 rings (SSSR count). The molecule has 0 bridgehead atoms. The van der Waals surface area contributed by atoms with Gasteiger partial charge in [-0.05, 0) is 23.1 Å². The van der Waals surface area contributed by atoms with Crippen LogP contribution in [0.3, 0.4) is 0 Å². The average molecular weight is 393 g/mol. The zero-order valence-corrected chi connectivity index (χ0v) is 17.0. The van der Waals surface area contributed by atoms with Crippen molar-refractivity contribution in [3.63, 3.8) is 0 Å². The third-order valence-electron chi connectivity index (χ3n) is 6.47. The molecule has 3 nitrogen and oxygen atoms in total. The van der Waals surface area contributed by atoms with E-state index in [2.05, 4.69) is 83.6 Å². The van der Waals surface area contributed by atoms with Gasteiger partial charge < -0.3 is 9.36 Å². The lowest BCUT2D eigenvalue weighted by molar-refractivity contribution is -0.111. The molecule has 2 atom stereocenters. The van der Waals surface area contributed by atoms with Crippen LogP contribution in [0.4, 0.5) is 0 Å². The molecule has 148 valence electrons. The van der Waals surface area contributed by atoms with Gasteiger partial charge in [-0.25, -0.2) is 4.98 Å². The molecular weight excluding hydrogens is 368 g/mol. The van der Waals surface area contributed by atoms with E-state index in [1.807, 2.05) is 31.5 Å². The molecule has 3 aromatic carbocycles. The van der Waals surface area contributed by atoms with Crippen LogP contribution < -0.4 is 0 Å². The maximum atomic E-state index is 11.5. The van der Waals surface area contributed by atoms with E-state index in [9.17, 15) is 4.79 Å². The molecule has 1 aromatic heterocycles. The van der Waals surface area contributed by atoms with Gasteiger partial charge in [0.15, 0.2) is 0 Å². The summed E-state index contributed by atoms with van der Waals surface area (Å²) in [4.78, 5) is 16.3. The number of hydrogen-bond donors (Lipinski definition) is 0. The van der Waals surface area contributed by atoms with Gasteiger partial charge in [0.1, 0.15) is 11.8 Å². The topological polar surface area (TPSA) is 34.9 Å². The summed E-state index contributed by atoms with van der Waals surface area (Å²) in [7, 11) is 0. The molecule has 1 heterocycles. The van der Waals surface area contributed by atoms with Crippen molar-refractivity contribution in [2.75, 3.05) is 0 Å². The van der Waals surface area contributed by atoms with Crippen LogP contribution in [0.25, 0.3) is 0 Å². The predicted molar refractivity (Wildman–Crippen MR) is 118 cm³/mol. The number of aromatic nitrogens is 2. The van der Waals surface area contributed by atoms with E-state index in [1.165, 1.54) is 16.7 Å². The van der Waals surface area contributed by atoms with Crippen molar-refractivity contribution in [2.24, 2.45) is 5.41 Å². The monoisotopic (exact) mass is 392 g/mol. The van der Waals surface area contributed by atoms with Gasteiger partial charge in [0, 0.05) is 17.5 Å². The summed E-state index contributed by atoms with van der Waals surface area (Å²) in [5.74, 6) is 0.191. The zero-order valence-electron chi connectivity index (χ0n) is 17.0. The van der Waals surface area contributed by atoms with Crippen LogP contribution >= 0.6 is 0 Å². The van der Waals surface area contributed by atoms with Crippen LogP contribution in [-0.4, -0.2) is 15.8 Å². The van der Waals surface area contributed by atoms with Crippen molar-refractivity contribution in [3.8, 4) is 0 Å². The third kappa shape index (κ3) is 2.81. The van der Waals surface area contributed by atoms with Crippen LogP contribution in [0, 0.1) is 5.41 Å². The van der Waals surface area contributed by atoms with Crippen molar-refractivity contribution >= 4 is 6.29 Å². The molecule has 0 aliphatic heterocycles. The number of carbonyl (C=O) groups excluding carboxylic acids is 1. The second kappa shape index (κ2) is 7.10. The SMILES string of the molecule is CC1(C=O)CC1c1cn(C(c2ccccc2)(c2ccccc2)c2ccccc2)cn1. The number of carbonyl (C=O) groups is 1. The quantitative estimate of drug-likeness (QED) is 0.325. The van der Waals surface area contributed by atoms with Crippen LogP contribution in [0.1, 0.15) is 41.6 Å². The molecule has 0 N–H and O–H groups in total. The highest BCUT2D eigenvalue weighted by Crippen LogP contribution is 2.57. The van der Waals surface area contributed by atoms with E-state index in [4.69, 9.17) is 4.98 Å². The molecule has 0 saturated heterocycles. The Morgan fingerprint density at radius 2 is 1.33 bits per heavy atom. The molecule has 3 heteroatoms. The van der Waals surface area contributed by atoms with E-state index < -0.39 is 5.54 Å². The summed E-state index contributed by atoms with van der Waals surface area (Å²) in [5.41, 5.74) is 3.65. The van der Waals surface area contributed by atoms with E-state index in [1.54, 1.807) is 0 Å². The van der Waals surface area contributed by atoms with Crippen molar-refractivity contribution in [2.45, 2.75) is 24.8 Å². The molecule has 4 aromatic rings. The highest BCUT2D eigenvalue weighted by molar-refractivity contribution is 5.66. The van der Waals surface area contributed by atoms with Gasteiger partial charge in [-0.1, -0.05) is 97.9 Å². The number of imidazole rings is 1. The zero-order chi connectivity index (χ0) is 20.6. The lowest BCUT2D eigenvalue weighted by Crippen LogP contribution is -2.36. The largest absolute Gasteiger partial charge is 0.319 e. The highest BCUT2D eigenvalue weighted by Gasteiger charge is 2.52. The average Bonchev–Trinajstić information content (AvgIpc) is 3.26. The molecule has 2 unspecified atom stereocenters. The van der Waals surface area contributed by atoms with Crippen LogP contribution in [0.15, 0.2) is 104 Å². The number of hydrogen-bond acceptors (Lipinski definition) is 2. The molecule has 0 radical (unpaired) electrons. The normalized spacial score (nSPS) is 20.6. The smallest absolute Gasteiger partial charge is 0.126 e. The van der Waals surface area contributed by atoms with Crippen LogP contribution in [0.2, 0.25) is 0 Å². The fraction of sp³-hybridized carbons (Fsp3) is 0.185. The Morgan fingerprint density at radius 3 is 1.73 bits per heavy atom. The summed E-state index contributed by atoms with van der Waals surface area (Å²) in [6, 6.07) is 31.7. The molecule has 1 aliphatic carbocycles. The second-order valence-electron chi connectivity index (χ2n) is 8.39. The van der Waals surface area contributed by atoms with Crippen molar-refractivity contribution in [1.29, 1.82) is 0 Å². The predicted octanol–water partition coefficient (Wildman–Crippen LogP) is 5.42. The molecule has 30 heavy (non-hydrogen) atoms. The second-order valence-corrected chi connectivity index (χ2v) is 8.39. The van der Waals surface area contributed by atoms with Crippen molar-refractivity contribution < 1.29 is 4.79 Å². The van der Waals surface area contributed by atoms with Gasteiger partial charge in [-0.3, -0.25) is 0 Å². The molecule has 0 spiro atoms. The standard InChI is InChI=1S/C27H24N2O/c1-26(19-30)17-24(26)25-18-29(20-28-25)27(21-11-5-2-6-12-21,22-13-7-3-8-14-22)23-15-9-4-10-16-23/h2-16,18-20,24H,17H2,1H3. The van der Waals surface area contributed by atoms with Crippen LogP contribution in [0.5, 0.6) is 0 Å². The molecule has 1 aliphatic rings. The van der Waals surface area contributed by atoms with E-state index in [-0.39, 0.29) is 11.3 Å². The first-order chi connectivity index (χ1) is 14.7. The highest BCUT2D eigenvalue weighted by atomic mass is 16.1. The number of nitrogens with zero attached hydrogens (tertiary/aromatic N) is 2. The summed E-state index contributed by atoms with van der Waals surface area (Å²) in [6.07, 6.45) is 6.00. The minimum absolute atomic E-state index is 0.191. The maximum absolute atomic E-state index is 11.5. The first-order valence-corrected chi connectivity index (χ1v) is 10.4. The van der Waals surface area contributed by atoms with Gasteiger partial charge in [0.2, 0.25) is 0 Å². The summed E-state index contributed by atoms with van der Waals surface area (Å²) in [6.45, 7) is 2.02. The maximum Gasteiger partial charge on any atom is 0.126 e. The summed E-state index contributed by atoms with van der Waals surface area (Å²) >= 11 is 0. The van der Waals surface area contributed by atoms with E-state index >= 15 is 0 Å². The Hall–Kier alpha value is -3.46. The Labute approximate surface area is 177 Å². The van der Waals surface area contributed by atoms with Crippen LogP contribution in [-0.2, 0) is 10.3 Å². The Balaban J connectivity index is 1.77.